The van der Waals surface area contributed by atoms with E-state index in [4.69, 9.17) is 0 Å². The van der Waals surface area contributed by atoms with E-state index in [0.717, 1.165) is 40.7 Å². The highest BCUT2D eigenvalue weighted by Gasteiger charge is 2.27. The van der Waals surface area contributed by atoms with E-state index in [2.05, 4.69) is 26.0 Å². The van der Waals surface area contributed by atoms with E-state index in [9.17, 15) is 10.4 Å². The van der Waals surface area contributed by atoms with E-state index in [1.807, 2.05) is 24.3 Å². The van der Waals surface area contributed by atoms with Gasteiger partial charge in [0.05, 0.1) is 16.5 Å². The van der Waals surface area contributed by atoms with Crippen molar-refractivity contribution in [2.24, 2.45) is 0 Å². The molecule has 1 aliphatic rings. The zero-order valence-electron chi connectivity index (χ0n) is 13.2. The summed E-state index contributed by atoms with van der Waals surface area (Å²) in [6, 6.07) is 9.79. The van der Waals surface area contributed by atoms with Crippen molar-refractivity contribution >= 4 is 21.9 Å². The second-order valence-corrected chi connectivity index (χ2v) is 6.35. The number of nitriles is 1. The quantitative estimate of drug-likeness (QED) is 0.586. The minimum atomic E-state index is 0.0159. The van der Waals surface area contributed by atoms with Crippen molar-refractivity contribution in [1.82, 2.24) is 19.9 Å². The average molecular weight is 327 g/mol. The molecule has 1 saturated carbocycles. The van der Waals surface area contributed by atoms with Crippen LogP contribution in [0.15, 0.2) is 36.7 Å². The Balaban J connectivity index is 1.66. The molecule has 0 spiro atoms. The number of aromatic amines is 1. The number of rotatable bonds is 2. The van der Waals surface area contributed by atoms with E-state index < -0.39 is 0 Å². The summed E-state index contributed by atoms with van der Waals surface area (Å²) in [5.74, 6) is 1.13. The molecule has 1 fully saturated rings. The predicted molar refractivity (Wildman–Crippen MR) is 93.0 cm³/mol. The number of fused-ring (bicyclic) bond motifs is 2. The average Bonchev–Trinajstić information content (AvgIpc) is 3.41. The molecule has 120 valence electrons. The molecule has 2 N–H and O–H groups in total. The van der Waals surface area contributed by atoms with Gasteiger partial charge in [-0.05, 0) is 36.6 Å². The first kappa shape index (κ1) is 13.9. The van der Waals surface area contributed by atoms with Crippen LogP contribution in [0.25, 0.3) is 33.1 Å². The molecule has 3 heterocycles. The summed E-state index contributed by atoms with van der Waals surface area (Å²) in [4.78, 5) is 16.2. The Morgan fingerprint density at radius 3 is 2.76 bits per heavy atom. The van der Waals surface area contributed by atoms with Crippen LogP contribution in [0.1, 0.15) is 30.1 Å². The number of pyridine rings is 1. The highest BCUT2D eigenvalue weighted by molar-refractivity contribution is 5.91. The fourth-order valence-electron chi connectivity index (χ4n) is 3.09. The van der Waals surface area contributed by atoms with Gasteiger partial charge in [-0.15, -0.1) is 0 Å². The summed E-state index contributed by atoms with van der Waals surface area (Å²) in [6.45, 7) is 0. The van der Waals surface area contributed by atoms with E-state index >= 15 is 0 Å². The maximum atomic E-state index is 10.3. The molecule has 5 rings (SSSR count). The lowest BCUT2D eigenvalue weighted by atomic mass is 10.0. The molecule has 0 atom stereocenters. The van der Waals surface area contributed by atoms with Crippen LogP contribution in [0.2, 0.25) is 0 Å². The first-order chi connectivity index (χ1) is 12.2. The van der Waals surface area contributed by atoms with Gasteiger partial charge in [0.15, 0.2) is 0 Å². The minimum absolute atomic E-state index is 0.0159. The molecule has 1 aromatic carbocycles. The number of nitrogens with one attached hydrogen (secondary N) is 1. The second-order valence-electron chi connectivity index (χ2n) is 6.35. The third-order valence-corrected chi connectivity index (χ3v) is 4.62. The second kappa shape index (κ2) is 5.02. The highest BCUT2D eigenvalue weighted by Crippen LogP contribution is 2.40. The molecule has 0 bridgehead atoms. The third-order valence-electron chi connectivity index (χ3n) is 4.62. The van der Waals surface area contributed by atoms with Gasteiger partial charge < -0.3 is 10.1 Å². The standard InChI is InChI=1S/C19H13N5O/c20-7-13-9-22-18-14(13)6-12(8-21-18)11-3-4-16-15(5-11)19(25)24-17(23-16)10-1-2-10/h3-6,8-10H,1-2H2,(H,21,22)(H,23,24,25). The molecule has 1 aliphatic carbocycles. The smallest absolute Gasteiger partial charge is 0.222 e. The van der Waals surface area contributed by atoms with Crippen LogP contribution in [0, 0.1) is 11.3 Å². The lowest BCUT2D eigenvalue weighted by Gasteiger charge is -2.07. The SMILES string of the molecule is N#Cc1c[nH]c2ncc(-c3ccc4nc(C5CC5)nc(O)c4c3)cc12. The Morgan fingerprint density at radius 1 is 1.12 bits per heavy atom. The van der Waals surface area contributed by atoms with E-state index in [-0.39, 0.29) is 5.88 Å². The zero-order valence-corrected chi connectivity index (χ0v) is 13.2. The van der Waals surface area contributed by atoms with Gasteiger partial charge in [-0.3, -0.25) is 0 Å². The Bertz CT molecular complexity index is 1180. The summed E-state index contributed by atoms with van der Waals surface area (Å²) < 4.78 is 0. The Hall–Kier alpha value is -3.46. The van der Waals surface area contributed by atoms with Crippen molar-refractivity contribution in [3.05, 3.63) is 48.0 Å². The van der Waals surface area contributed by atoms with Crippen LogP contribution in [0.4, 0.5) is 0 Å². The van der Waals surface area contributed by atoms with E-state index in [1.165, 1.54) is 0 Å². The number of hydrogen-bond donors (Lipinski definition) is 2. The van der Waals surface area contributed by atoms with Crippen LogP contribution in [0.5, 0.6) is 5.88 Å². The molecule has 6 heteroatoms. The number of benzene rings is 1. The van der Waals surface area contributed by atoms with Crippen molar-refractivity contribution in [2.75, 3.05) is 0 Å². The normalized spacial score (nSPS) is 14.0. The van der Waals surface area contributed by atoms with Gasteiger partial charge in [0.2, 0.25) is 5.88 Å². The molecule has 0 amide bonds. The molecule has 25 heavy (non-hydrogen) atoms. The van der Waals surface area contributed by atoms with E-state index in [0.29, 0.717) is 22.5 Å². The fraction of sp³-hybridized carbons (Fsp3) is 0.158. The molecule has 6 nitrogen and oxygen atoms in total. The fourth-order valence-corrected chi connectivity index (χ4v) is 3.09. The maximum Gasteiger partial charge on any atom is 0.222 e. The molecular formula is C19H13N5O. The summed E-state index contributed by atoms with van der Waals surface area (Å²) in [7, 11) is 0. The number of nitrogens with zero attached hydrogens (tertiary/aromatic N) is 4. The zero-order chi connectivity index (χ0) is 17.0. The van der Waals surface area contributed by atoms with Gasteiger partial charge in [0.25, 0.3) is 0 Å². The molecule has 0 saturated heterocycles. The molecule has 3 aromatic heterocycles. The first-order valence-corrected chi connectivity index (χ1v) is 8.11. The van der Waals surface area contributed by atoms with Crippen molar-refractivity contribution in [3.8, 4) is 23.1 Å². The lowest BCUT2D eigenvalue weighted by molar-refractivity contribution is 0.456. The largest absolute Gasteiger partial charge is 0.493 e. The number of aromatic nitrogens is 4. The van der Waals surface area contributed by atoms with Crippen molar-refractivity contribution < 1.29 is 5.11 Å². The van der Waals surface area contributed by atoms with Gasteiger partial charge in [-0.25, -0.2) is 9.97 Å². The van der Waals surface area contributed by atoms with Gasteiger partial charge >= 0.3 is 0 Å². The van der Waals surface area contributed by atoms with Gasteiger partial charge in [-0.1, -0.05) is 6.07 Å². The Morgan fingerprint density at radius 2 is 1.96 bits per heavy atom. The summed E-state index contributed by atoms with van der Waals surface area (Å²) >= 11 is 0. The monoisotopic (exact) mass is 327 g/mol. The van der Waals surface area contributed by atoms with Gasteiger partial charge in [0.1, 0.15) is 17.5 Å². The van der Waals surface area contributed by atoms with Crippen molar-refractivity contribution in [2.45, 2.75) is 18.8 Å². The minimum Gasteiger partial charge on any atom is -0.493 e. The topological polar surface area (TPSA) is 98.5 Å². The highest BCUT2D eigenvalue weighted by atomic mass is 16.3. The van der Waals surface area contributed by atoms with Crippen LogP contribution in [0.3, 0.4) is 0 Å². The molecular weight excluding hydrogens is 314 g/mol. The third kappa shape index (κ3) is 2.21. The number of H-pyrrole nitrogens is 1. The Kier molecular flexibility index (Phi) is 2.80. The Labute approximate surface area is 142 Å². The first-order valence-electron chi connectivity index (χ1n) is 8.11. The van der Waals surface area contributed by atoms with Crippen LogP contribution < -0.4 is 0 Å². The number of hydrogen-bond acceptors (Lipinski definition) is 5. The molecule has 0 radical (unpaired) electrons. The van der Waals surface area contributed by atoms with Crippen molar-refractivity contribution in [3.63, 3.8) is 0 Å². The van der Waals surface area contributed by atoms with Crippen LogP contribution in [-0.4, -0.2) is 25.0 Å². The van der Waals surface area contributed by atoms with Gasteiger partial charge in [-0.2, -0.15) is 10.2 Å². The van der Waals surface area contributed by atoms with E-state index in [1.54, 1.807) is 12.4 Å². The van der Waals surface area contributed by atoms with Gasteiger partial charge in [0, 0.05) is 29.3 Å². The van der Waals surface area contributed by atoms with Crippen LogP contribution >= 0.6 is 0 Å². The molecule has 4 aromatic rings. The predicted octanol–water partition coefficient (Wildman–Crippen LogP) is 3.63. The summed E-state index contributed by atoms with van der Waals surface area (Å²) in [5.41, 5.74) is 3.75. The molecule has 0 unspecified atom stereocenters. The number of aromatic hydroxyl groups is 1. The molecule has 0 aliphatic heterocycles. The van der Waals surface area contributed by atoms with Crippen molar-refractivity contribution in [1.29, 1.82) is 5.26 Å². The lowest BCUT2D eigenvalue weighted by Crippen LogP contribution is -1.94. The van der Waals surface area contributed by atoms with Crippen LogP contribution in [-0.2, 0) is 0 Å². The maximum absolute atomic E-state index is 10.3. The summed E-state index contributed by atoms with van der Waals surface area (Å²) in [5, 5.41) is 20.9. The summed E-state index contributed by atoms with van der Waals surface area (Å²) in [6.07, 6.45) is 5.58.